The number of rotatable bonds is 7. The van der Waals surface area contributed by atoms with Gasteiger partial charge in [-0.1, -0.05) is 31.2 Å². The molecule has 0 aliphatic heterocycles. The highest BCUT2D eigenvalue weighted by atomic mass is 19.1. The van der Waals surface area contributed by atoms with Gasteiger partial charge in [0.15, 0.2) is 0 Å². The molecule has 3 heteroatoms. The molecule has 21 heavy (non-hydrogen) atoms. The Morgan fingerprint density at radius 3 is 1.86 bits per heavy atom. The van der Waals surface area contributed by atoms with Gasteiger partial charge in [-0.3, -0.25) is 0 Å². The first-order valence-corrected chi connectivity index (χ1v) is 7.39. The van der Waals surface area contributed by atoms with E-state index in [1.54, 1.807) is 24.3 Å². The molecule has 0 spiro atoms. The maximum atomic E-state index is 13.3. The first-order chi connectivity index (χ1) is 10.2. The Bertz CT molecular complexity index is 521. The van der Waals surface area contributed by atoms with Crippen LogP contribution in [-0.4, -0.2) is 12.6 Å². The molecule has 2 aromatic carbocycles. The Morgan fingerprint density at radius 1 is 0.905 bits per heavy atom. The molecule has 0 fully saturated rings. The van der Waals surface area contributed by atoms with Gasteiger partial charge in [-0.2, -0.15) is 0 Å². The summed E-state index contributed by atoms with van der Waals surface area (Å²) in [5, 5.41) is 3.46. The van der Waals surface area contributed by atoms with Crippen LogP contribution in [0.25, 0.3) is 0 Å². The Hall–Kier alpha value is -1.74. The van der Waals surface area contributed by atoms with Gasteiger partial charge in [-0.15, -0.1) is 0 Å². The van der Waals surface area contributed by atoms with Gasteiger partial charge in [-0.05, 0) is 61.2 Å². The second-order valence-corrected chi connectivity index (χ2v) is 5.32. The summed E-state index contributed by atoms with van der Waals surface area (Å²) in [5.41, 5.74) is 1.92. The zero-order valence-electron chi connectivity index (χ0n) is 12.3. The van der Waals surface area contributed by atoms with Crippen molar-refractivity contribution < 1.29 is 8.78 Å². The van der Waals surface area contributed by atoms with Gasteiger partial charge in [0, 0.05) is 6.04 Å². The maximum absolute atomic E-state index is 13.3. The number of hydrogen-bond acceptors (Lipinski definition) is 1. The van der Waals surface area contributed by atoms with Crippen molar-refractivity contribution in [1.29, 1.82) is 0 Å². The SMILES string of the molecule is CCCNC(Cc1cccc(F)c1)Cc1cccc(F)c1. The first-order valence-electron chi connectivity index (χ1n) is 7.39. The lowest BCUT2D eigenvalue weighted by molar-refractivity contribution is 0.502. The van der Waals surface area contributed by atoms with E-state index in [4.69, 9.17) is 0 Å². The molecule has 2 rings (SSSR count). The van der Waals surface area contributed by atoms with Crippen molar-refractivity contribution in [3.05, 3.63) is 71.3 Å². The largest absolute Gasteiger partial charge is 0.313 e. The Morgan fingerprint density at radius 2 is 1.43 bits per heavy atom. The second-order valence-electron chi connectivity index (χ2n) is 5.32. The summed E-state index contributed by atoms with van der Waals surface area (Å²) in [6, 6.07) is 13.5. The third-order valence-corrected chi connectivity index (χ3v) is 3.43. The van der Waals surface area contributed by atoms with Gasteiger partial charge in [-0.25, -0.2) is 8.78 Å². The lowest BCUT2D eigenvalue weighted by Crippen LogP contribution is -2.33. The summed E-state index contributed by atoms with van der Waals surface area (Å²) in [5.74, 6) is -0.431. The molecule has 0 saturated heterocycles. The summed E-state index contributed by atoms with van der Waals surface area (Å²) in [6.45, 7) is 3.00. The van der Waals surface area contributed by atoms with Crippen LogP contribution < -0.4 is 5.32 Å². The lowest BCUT2D eigenvalue weighted by Gasteiger charge is -2.19. The summed E-state index contributed by atoms with van der Waals surface area (Å²) in [7, 11) is 0. The van der Waals surface area contributed by atoms with E-state index in [1.165, 1.54) is 12.1 Å². The Kier molecular flexibility index (Phi) is 5.88. The van der Waals surface area contributed by atoms with Gasteiger partial charge in [0.2, 0.25) is 0 Å². The Balaban J connectivity index is 2.06. The predicted molar refractivity (Wildman–Crippen MR) is 82.3 cm³/mol. The monoisotopic (exact) mass is 289 g/mol. The standard InChI is InChI=1S/C18H21F2N/c1-2-9-21-18(12-14-5-3-7-16(19)10-14)13-15-6-4-8-17(20)11-15/h3-8,10-11,18,21H,2,9,12-13H2,1H3. The average Bonchev–Trinajstić information content (AvgIpc) is 2.45. The minimum Gasteiger partial charge on any atom is -0.313 e. The van der Waals surface area contributed by atoms with Crippen molar-refractivity contribution in [1.82, 2.24) is 5.32 Å². The van der Waals surface area contributed by atoms with E-state index in [0.717, 1.165) is 36.9 Å². The molecular weight excluding hydrogens is 268 g/mol. The number of halogens is 2. The molecule has 1 nitrogen and oxygen atoms in total. The molecule has 1 N–H and O–H groups in total. The van der Waals surface area contributed by atoms with Gasteiger partial charge < -0.3 is 5.32 Å². The van der Waals surface area contributed by atoms with Crippen molar-refractivity contribution in [3.8, 4) is 0 Å². The molecule has 0 aliphatic rings. The molecule has 0 amide bonds. The summed E-state index contributed by atoms with van der Waals surface area (Å²) in [4.78, 5) is 0. The minimum atomic E-state index is -0.215. The number of nitrogens with one attached hydrogen (secondary N) is 1. The number of hydrogen-bond donors (Lipinski definition) is 1. The van der Waals surface area contributed by atoms with Gasteiger partial charge in [0.05, 0.1) is 0 Å². The second kappa shape index (κ2) is 7.89. The van der Waals surface area contributed by atoms with E-state index >= 15 is 0 Å². The van der Waals surface area contributed by atoms with E-state index < -0.39 is 0 Å². The van der Waals surface area contributed by atoms with Crippen LogP contribution in [0.2, 0.25) is 0 Å². The molecule has 0 aliphatic carbocycles. The van der Waals surface area contributed by atoms with Crippen LogP contribution in [0.4, 0.5) is 8.78 Å². The molecule has 0 radical (unpaired) electrons. The zero-order valence-corrected chi connectivity index (χ0v) is 12.3. The van der Waals surface area contributed by atoms with E-state index in [9.17, 15) is 8.78 Å². The van der Waals surface area contributed by atoms with Crippen molar-refractivity contribution in [2.75, 3.05) is 6.54 Å². The normalized spacial score (nSPS) is 11.0. The smallest absolute Gasteiger partial charge is 0.123 e. The third kappa shape index (κ3) is 5.27. The molecule has 0 unspecified atom stereocenters. The molecule has 0 heterocycles. The van der Waals surface area contributed by atoms with E-state index in [0.29, 0.717) is 0 Å². The summed E-state index contributed by atoms with van der Waals surface area (Å²) >= 11 is 0. The highest BCUT2D eigenvalue weighted by Crippen LogP contribution is 2.12. The van der Waals surface area contributed by atoms with Gasteiger partial charge in [0.1, 0.15) is 11.6 Å². The molecule has 112 valence electrons. The van der Waals surface area contributed by atoms with Gasteiger partial charge in [0.25, 0.3) is 0 Å². The van der Waals surface area contributed by atoms with E-state index in [2.05, 4.69) is 12.2 Å². The van der Waals surface area contributed by atoms with Crippen LogP contribution >= 0.6 is 0 Å². The average molecular weight is 289 g/mol. The molecule has 0 aromatic heterocycles. The van der Waals surface area contributed by atoms with Crippen molar-refractivity contribution in [2.24, 2.45) is 0 Å². The van der Waals surface area contributed by atoms with Crippen LogP contribution in [-0.2, 0) is 12.8 Å². The van der Waals surface area contributed by atoms with Crippen molar-refractivity contribution in [2.45, 2.75) is 32.2 Å². The fourth-order valence-electron chi connectivity index (χ4n) is 2.46. The third-order valence-electron chi connectivity index (χ3n) is 3.43. The quantitative estimate of drug-likeness (QED) is 0.808. The van der Waals surface area contributed by atoms with Gasteiger partial charge >= 0.3 is 0 Å². The minimum absolute atomic E-state index is 0.175. The lowest BCUT2D eigenvalue weighted by atomic mass is 9.98. The van der Waals surface area contributed by atoms with Crippen LogP contribution in [0, 0.1) is 11.6 Å². The van der Waals surface area contributed by atoms with Crippen molar-refractivity contribution >= 4 is 0 Å². The van der Waals surface area contributed by atoms with E-state index in [-0.39, 0.29) is 17.7 Å². The van der Waals surface area contributed by atoms with Crippen LogP contribution in [0.15, 0.2) is 48.5 Å². The van der Waals surface area contributed by atoms with Crippen molar-refractivity contribution in [3.63, 3.8) is 0 Å². The Labute approximate surface area is 125 Å². The number of benzene rings is 2. The van der Waals surface area contributed by atoms with E-state index in [1.807, 2.05) is 12.1 Å². The predicted octanol–water partition coefficient (Wildman–Crippen LogP) is 4.12. The fourth-order valence-corrected chi connectivity index (χ4v) is 2.46. The zero-order chi connectivity index (χ0) is 15.1. The maximum Gasteiger partial charge on any atom is 0.123 e. The molecular formula is C18H21F2N. The van der Waals surface area contributed by atoms with Crippen LogP contribution in [0.5, 0.6) is 0 Å². The molecule has 0 saturated carbocycles. The molecule has 0 atom stereocenters. The highest BCUT2D eigenvalue weighted by Gasteiger charge is 2.11. The fraction of sp³-hybridized carbons (Fsp3) is 0.333. The highest BCUT2D eigenvalue weighted by molar-refractivity contribution is 5.21. The molecule has 0 bridgehead atoms. The topological polar surface area (TPSA) is 12.0 Å². The summed E-state index contributed by atoms with van der Waals surface area (Å²) in [6.07, 6.45) is 2.49. The van der Waals surface area contributed by atoms with Crippen LogP contribution in [0.3, 0.4) is 0 Å². The first kappa shape index (κ1) is 15.6. The van der Waals surface area contributed by atoms with Crippen LogP contribution in [0.1, 0.15) is 24.5 Å². The molecule has 2 aromatic rings. The summed E-state index contributed by atoms with van der Waals surface area (Å²) < 4.78 is 26.6.